The van der Waals surface area contributed by atoms with Gasteiger partial charge in [0.15, 0.2) is 0 Å². The molecule has 0 bridgehead atoms. The number of nitrogens with one attached hydrogen (secondary N) is 1. The number of nitrogens with two attached hydrogens (primary N) is 1. The summed E-state index contributed by atoms with van der Waals surface area (Å²) < 4.78 is 0. The molecule has 4 heteroatoms. The summed E-state index contributed by atoms with van der Waals surface area (Å²) in [5.41, 5.74) is 7.49. The first-order valence-electron chi connectivity index (χ1n) is 4.58. The maximum atomic E-state index is 11.0. The van der Waals surface area contributed by atoms with E-state index in [1.165, 1.54) is 0 Å². The van der Waals surface area contributed by atoms with E-state index in [9.17, 15) is 4.79 Å². The molecule has 76 valence electrons. The summed E-state index contributed by atoms with van der Waals surface area (Å²) in [5, 5.41) is 0. The maximum Gasteiger partial charge on any atom is 0.248 e. The van der Waals surface area contributed by atoms with Gasteiger partial charge in [-0.3, -0.25) is 4.79 Å². The Bertz CT molecular complexity index is 502. The number of nitrogens with zero attached hydrogens (tertiary/aromatic N) is 1. The first-order chi connectivity index (χ1) is 7.16. The summed E-state index contributed by atoms with van der Waals surface area (Å²) >= 11 is 0. The van der Waals surface area contributed by atoms with E-state index in [2.05, 4.69) is 9.97 Å². The van der Waals surface area contributed by atoms with E-state index in [-0.39, 0.29) is 0 Å². The van der Waals surface area contributed by atoms with Crippen LogP contribution >= 0.6 is 0 Å². The quantitative estimate of drug-likeness (QED) is 0.772. The van der Waals surface area contributed by atoms with Crippen LogP contribution in [0.2, 0.25) is 0 Å². The van der Waals surface area contributed by atoms with E-state index in [0.717, 1.165) is 17.1 Å². The van der Waals surface area contributed by atoms with E-state index in [1.807, 2.05) is 13.0 Å². The third kappa shape index (κ3) is 1.88. The number of aryl methyl sites for hydroxylation is 1. The Hall–Kier alpha value is -2.10. The van der Waals surface area contributed by atoms with Gasteiger partial charge in [0.1, 0.15) is 5.82 Å². The second-order valence-corrected chi connectivity index (χ2v) is 3.33. The fourth-order valence-corrected chi connectivity index (χ4v) is 1.41. The number of amides is 1. The number of rotatable bonds is 2. The molecule has 0 saturated carbocycles. The van der Waals surface area contributed by atoms with Crippen LogP contribution in [0.3, 0.4) is 0 Å². The van der Waals surface area contributed by atoms with Crippen molar-refractivity contribution in [3.63, 3.8) is 0 Å². The number of carbonyl (C=O) groups is 1. The van der Waals surface area contributed by atoms with Gasteiger partial charge in [-0.25, -0.2) is 4.98 Å². The number of carbonyl (C=O) groups excluding carboxylic acids is 1. The number of H-pyrrole nitrogens is 1. The minimum Gasteiger partial charge on any atom is -0.366 e. The molecule has 1 heterocycles. The molecule has 2 rings (SSSR count). The summed E-state index contributed by atoms with van der Waals surface area (Å²) in [5.74, 6) is 0.419. The highest BCUT2D eigenvalue weighted by Gasteiger charge is 2.04. The Balaban J connectivity index is 2.45. The van der Waals surface area contributed by atoms with Crippen molar-refractivity contribution in [1.29, 1.82) is 0 Å². The predicted molar refractivity (Wildman–Crippen MR) is 57.3 cm³/mol. The highest BCUT2D eigenvalue weighted by atomic mass is 16.1. The van der Waals surface area contributed by atoms with Gasteiger partial charge >= 0.3 is 0 Å². The van der Waals surface area contributed by atoms with Crippen molar-refractivity contribution >= 4 is 5.91 Å². The Labute approximate surface area is 87.1 Å². The lowest BCUT2D eigenvalue weighted by Crippen LogP contribution is -2.10. The van der Waals surface area contributed by atoms with Crippen molar-refractivity contribution in [2.24, 2.45) is 5.73 Å². The van der Waals surface area contributed by atoms with Crippen molar-refractivity contribution in [2.75, 3.05) is 0 Å². The molecule has 4 nitrogen and oxygen atoms in total. The van der Waals surface area contributed by atoms with Crippen LogP contribution in [0.4, 0.5) is 0 Å². The summed E-state index contributed by atoms with van der Waals surface area (Å²) in [6.45, 7) is 1.88. The zero-order valence-electron chi connectivity index (χ0n) is 8.32. The van der Waals surface area contributed by atoms with Crippen molar-refractivity contribution in [2.45, 2.75) is 6.92 Å². The molecule has 0 atom stereocenters. The largest absolute Gasteiger partial charge is 0.366 e. The molecular formula is C11H11N3O. The molecule has 0 spiro atoms. The molecule has 0 radical (unpaired) electrons. The number of aromatic nitrogens is 2. The van der Waals surface area contributed by atoms with Gasteiger partial charge in [0, 0.05) is 11.1 Å². The van der Waals surface area contributed by atoms with Crippen LogP contribution in [-0.2, 0) is 0 Å². The highest BCUT2D eigenvalue weighted by molar-refractivity contribution is 5.93. The molecule has 1 aromatic heterocycles. The van der Waals surface area contributed by atoms with Crippen molar-refractivity contribution in [1.82, 2.24) is 9.97 Å². The lowest BCUT2D eigenvalue weighted by molar-refractivity contribution is 0.100. The van der Waals surface area contributed by atoms with Gasteiger partial charge < -0.3 is 10.7 Å². The first kappa shape index (κ1) is 9.45. The molecule has 0 saturated heterocycles. The molecule has 0 aliphatic rings. The van der Waals surface area contributed by atoms with Crippen LogP contribution in [0.5, 0.6) is 0 Å². The minimum absolute atomic E-state index is 0.423. The Morgan fingerprint density at radius 3 is 2.87 bits per heavy atom. The smallest absolute Gasteiger partial charge is 0.248 e. The standard InChI is InChI=1S/C11H11N3O/c1-7-13-6-10(14-7)8-3-2-4-9(5-8)11(12)15/h2-6H,1H3,(H2,12,15)(H,13,14). The fraction of sp³-hybridized carbons (Fsp3) is 0.0909. The molecule has 15 heavy (non-hydrogen) atoms. The van der Waals surface area contributed by atoms with Gasteiger partial charge in [-0.1, -0.05) is 12.1 Å². The summed E-state index contributed by atoms with van der Waals surface area (Å²) in [7, 11) is 0. The van der Waals surface area contributed by atoms with Gasteiger partial charge in [-0.2, -0.15) is 0 Å². The van der Waals surface area contributed by atoms with Gasteiger partial charge in [-0.05, 0) is 19.1 Å². The Morgan fingerprint density at radius 1 is 1.47 bits per heavy atom. The van der Waals surface area contributed by atoms with Gasteiger partial charge in [-0.15, -0.1) is 0 Å². The predicted octanol–water partition coefficient (Wildman–Crippen LogP) is 1.48. The van der Waals surface area contributed by atoms with Gasteiger partial charge in [0.2, 0.25) is 5.91 Å². The monoisotopic (exact) mass is 201 g/mol. The topological polar surface area (TPSA) is 71.8 Å². The van der Waals surface area contributed by atoms with Gasteiger partial charge in [0.05, 0.1) is 11.9 Å². The molecule has 0 unspecified atom stereocenters. The Morgan fingerprint density at radius 2 is 2.27 bits per heavy atom. The van der Waals surface area contributed by atoms with Crippen LogP contribution in [-0.4, -0.2) is 15.9 Å². The van der Waals surface area contributed by atoms with Crippen molar-refractivity contribution < 1.29 is 4.79 Å². The number of aromatic amines is 1. The lowest BCUT2D eigenvalue weighted by Gasteiger charge is -1.99. The number of hydrogen-bond acceptors (Lipinski definition) is 2. The summed E-state index contributed by atoms with van der Waals surface area (Å²) in [4.78, 5) is 18.2. The number of hydrogen-bond donors (Lipinski definition) is 2. The van der Waals surface area contributed by atoms with E-state index >= 15 is 0 Å². The number of primary amides is 1. The van der Waals surface area contributed by atoms with E-state index in [0.29, 0.717) is 5.56 Å². The van der Waals surface area contributed by atoms with Crippen molar-refractivity contribution in [3.8, 4) is 11.3 Å². The second-order valence-electron chi connectivity index (χ2n) is 3.33. The number of benzene rings is 1. The van der Waals surface area contributed by atoms with Crippen molar-refractivity contribution in [3.05, 3.63) is 41.9 Å². The second kappa shape index (κ2) is 3.57. The van der Waals surface area contributed by atoms with Crippen LogP contribution in [0.15, 0.2) is 30.5 Å². The molecule has 0 aliphatic carbocycles. The molecule has 1 amide bonds. The minimum atomic E-state index is -0.423. The fourth-order valence-electron chi connectivity index (χ4n) is 1.41. The Kier molecular flexibility index (Phi) is 2.25. The third-order valence-corrected chi connectivity index (χ3v) is 2.16. The average molecular weight is 201 g/mol. The SMILES string of the molecule is Cc1ncc(-c2cccc(C(N)=O)c2)[nH]1. The highest BCUT2D eigenvalue weighted by Crippen LogP contribution is 2.17. The maximum absolute atomic E-state index is 11.0. The molecule has 2 aromatic rings. The van der Waals surface area contributed by atoms with Crippen LogP contribution in [0, 0.1) is 6.92 Å². The lowest BCUT2D eigenvalue weighted by atomic mass is 10.1. The van der Waals surface area contributed by atoms with E-state index in [4.69, 9.17) is 5.73 Å². The van der Waals surface area contributed by atoms with E-state index < -0.39 is 5.91 Å². The zero-order chi connectivity index (χ0) is 10.8. The van der Waals surface area contributed by atoms with Crippen LogP contribution in [0.25, 0.3) is 11.3 Å². The first-order valence-corrected chi connectivity index (χ1v) is 4.58. The van der Waals surface area contributed by atoms with Gasteiger partial charge in [0.25, 0.3) is 0 Å². The molecular weight excluding hydrogens is 190 g/mol. The van der Waals surface area contributed by atoms with E-state index in [1.54, 1.807) is 24.4 Å². The zero-order valence-corrected chi connectivity index (χ0v) is 8.32. The third-order valence-electron chi connectivity index (χ3n) is 2.16. The average Bonchev–Trinajstić information content (AvgIpc) is 2.65. The molecule has 0 aliphatic heterocycles. The normalized spacial score (nSPS) is 10.2. The molecule has 3 N–H and O–H groups in total. The summed E-state index contributed by atoms with van der Waals surface area (Å²) in [6.07, 6.45) is 1.73. The summed E-state index contributed by atoms with van der Waals surface area (Å²) in [6, 6.07) is 7.13. The molecule has 0 fully saturated rings. The molecule has 1 aromatic carbocycles. The van der Waals surface area contributed by atoms with Crippen LogP contribution < -0.4 is 5.73 Å². The number of imidazole rings is 1. The van der Waals surface area contributed by atoms with Crippen LogP contribution in [0.1, 0.15) is 16.2 Å².